The van der Waals surface area contributed by atoms with Gasteiger partial charge in [0.25, 0.3) is 0 Å². The van der Waals surface area contributed by atoms with E-state index >= 15 is 0 Å². The minimum absolute atomic E-state index is 0.0703. The number of carboxylic acids is 1. The van der Waals surface area contributed by atoms with Gasteiger partial charge < -0.3 is 15.2 Å². The Bertz CT molecular complexity index is 506. The quantitative estimate of drug-likeness (QED) is 0.823. The van der Waals surface area contributed by atoms with E-state index in [0.29, 0.717) is 19.7 Å². The summed E-state index contributed by atoms with van der Waals surface area (Å²) in [6.07, 6.45) is -0.0703. The molecule has 1 fully saturated rings. The van der Waals surface area contributed by atoms with Gasteiger partial charge in [0, 0.05) is 17.6 Å². The van der Waals surface area contributed by atoms with Crippen LogP contribution in [0, 0.1) is 0 Å². The van der Waals surface area contributed by atoms with Crippen molar-refractivity contribution in [3.8, 4) is 0 Å². The Morgan fingerprint density at radius 2 is 2.10 bits per heavy atom. The second kappa shape index (κ2) is 7.53. The number of rotatable bonds is 5. The molecule has 0 bridgehead atoms. The highest BCUT2D eigenvalue weighted by Crippen LogP contribution is 2.23. The van der Waals surface area contributed by atoms with Crippen molar-refractivity contribution in [2.45, 2.75) is 6.10 Å². The van der Waals surface area contributed by atoms with Crippen LogP contribution in [0.15, 0.2) is 28.7 Å². The summed E-state index contributed by atoms with van der Waals surface area (Å²) in [6.45, 7) is 1.66. The molecule has 0 radical (unpaired) electrons. The molecule has 21 heavy (non-hydrogen) atoms. The number of benzene rings is 1. The second-order valence-electron chi connectivity index (χ2n) is 4.82. The molecule has 1 aromatic carbocycles. The highest BCUT2D eigenvalue weighted by atomic mass is 79.9. The van der Waals surface area contributed by atoms with E-state index in [4.69, 9.17) is 9.84 Å². The SMILES string of the molecule is O=C(O)CNC(=O)CN1CCOC(c2ccc(Br)cc2)C1. The molecule has 1 aliphatic heterocycles. The number of carbonyl (C=O) groups excluding carboxylic acids is 1. The van der Waals surface area contributed by atoms with E-state index in [9.17, 15) is 9.59 Å². The fraction of sp³-hybridized carbons (Fsp3) is 0.429. The number of hydrogen-bond donors (Lipinski definition) is 2. The molecule has 0 aromatic heterocycles. The van der Waals surface area contributed by atoms with Crippen LogP contribution in [0.1, 0.15) is 11.7 Å². The monoisotopic (exact) mass is 356 g/mol. The van der Waals surface area contributed by atoms with Crippen LogP contribution < -0.4 is 5.32 Å². The maximum Gasteiger partial charge on any atom is 0.322 e. The number of ether oxygens (including phenoxy) is 1. The van der Waals surface area contributed by atoms with Crippen molar-refractivity contribution in [3.63, 3.8) is 0 Å². The highest BCUT2D eigenvalue weighted by Gasteiger charge is 2.23. The number of morpholine rings is 1. The molecule has 7 heteroatoms. The first-order valence-electron chi connectivity index (χ1n) is 6.62. The fourth-order valence-electron chi connectivity index (χ4n) is 2.16. The third-order valence-electron chi connectivity index (χ3n) is 3.20. The molecule has 1 heterocycles. The van der Waals surface area contributed by atoms with E-state index in [0.717, 1.165) is 10.0 Å². The van der Waals surface area contributed by atoms with Crippen LogP contribution in [0.2, 0.25) is 0 Å². The van der Waals surface area contributed by atoms with Gasteiger partial charge in [-0.1, -0.05) is 28.1 Å². The largest absolute Gasteiger partial charge is 0.480 e. The van der Waals surface area contributed by atoms with E-state index in [1.54, 1.807) is 0 Å². The molecule has 1 saturated heterocycles. The molecule has 2 rings (SSSR count). The number of hydrogen-bond acceptors (Lipinski definition) is 4. The Balaban J connectivity index is 1.87. The van der Waals surface area contributed by atoms with E-state index < -0.39 is 5.97 Å². The van der Waals surface area contributed by atoms with Crippen molar-refractivity contribution in [2.24, 2.45) is 0 Å². The Morgan fingerprint density at radius 1 is 1.38 bits per heavy atom. The fourth-order valence-corrected chi connectivity index (χ4v) is 2.42. The van der Waals surface area contributed by atoms with Crippen LogP contribution in [-0.4, -0.2) is 54.7 Å². The van der Waals surface area contributed by atoms with Gasteiger partial charge in [-0.3, -0.25) is 14.5 Å². The Hall–Kier alpha value is -1.44. The van der Waals surface area contributed by atoms with E-state index in [-0.39, 0.29) is 25.1 Å². The minimum Gasteiger partial charge on any atom is -0.480 e. The van der Waals surface area contributed by atoms with Gasteiger partial charge in [0.15, 0.2) is 0 Å². The summed E-state index contributed by atoms with van der Waals surface area (Å²) in [6, 6.07) is 7.89. The van der Waals surface area contributed by atoms with Crippen LogP contribution >= 0.6 is 15.9 Å². The molecule has 0 spiro atoms. The van der Waals surface area contributed by atoms with Crippen molar-refractivity contribution in [1.82, 2.24) is 10.2 Å². The predicted molar refractivity (Wildman–Crippen MR) is 79.9 cm³/mol. The molecule has 1 amide bonds. The second-order valence-corrected chi connectivity index (χ2v) is 5.73. The zero-order valence-electron chi connectivity index (χ0n) is 11.4. The standard InChI is InChI=1S/C14H17BrN2O4/c15-11-3-1-10(2-4-11)12-8-17(5-6-21-12)9-13(18)16-7-14(19)20/h1-4,12H,5-9H2,(H,16,18)(H,19,20). The molecule has 114 valence electrons. The normalized spacial score (nSPS) is 19.2. The van der Waals surface area contributed by atoms with E-state index in [2.05, 4.69) is 21.2 Å². The Labute approximate surface area is 131 Å². The Morgan fingerprint density at radius 3 is 2.76 bits per heavy atom. The summed E-state index contributed by atoms with van der Waals surface area (Å²) in [7, 11) is 0. The average Bonchev–Trinajstić information content (AvgIpc) is 2.46. The first kappa shape index (κ1) is 15.9. The van der Waals surface area contributed by atoms with Gasteiger partial charge >= 0.3 is 5.97 Å². The Kier molecular flexibility index (Phi) is 5.72. The number of nitrogens with zero attached hydrogens (tertiary/aromatic N) is 1. The van der Waals surface area contributed by atoms with Gasteiger partial charge in [0.05, 0.1) is 19.3 Å². The number of carbonyl (C=O) groups is 2. The molecule has 0 aliphatic carbocycles. The molecule has 2 N–H and O–H groups in total. The maximum absolute atomic E-state index is 11.6. The van der Waals surface area contributed by atoms with E-state index in [1.165, 1.54) is 0 Å². The molecular weight excluding hydrogens is 340 g/mol. The average molecular weight is 357 g/mol. The summed E-state index contributed by atoms with van der Waals surface area (Å²) in [5.41, 5.74) is 1.06. The first-order chi connectivity index (χ1) is 10.0. The molecule has 1 aromatic rings. The zero-order chi connectivity index (χ0) is 15.2. The number of carboxylic acid groups (broad SMARTS) is 1. The van der Waals surface area contributed by atoms with Crippen LogP contribution in [0.4, 0.5) is 0 Å². The molecular formula is C14H17BrN2O4. The molecule has 6 nitrogen and oxygen atoms in total. The lowest BCUT2D eigenvalue weighted by Gasteiger charge is -2.32. The number of halogens is 1. The van der Waals surface area contributed by atoms with Crippen molar-refractivity contribution >= 4 is 27.8 Å². The van der Waals surface area contributed by atoms with Gasteiger partial charge in [-0.2, -0.15) is 0 Å². The molecule has 1 atom stereocenters. The van der Waals surface area contributed by atoms with Gasteiger partial charge in [0.1, 0.15) is 6.54 Å². The predicted octanol–water partition coefficient (Wildman–Crippen LogP) is 1.02. The van der Waals surface area contributed by atoms with Gasteiger partial charge in [-0.15, -0.1) is 0 Å². The summed E-state index contributed by atoms with van der Waals surface area (Å²) in [5.74, 6) is -1.33. The van der Waals surface area contributed by atoms with Crippen molar-refractivity contribution < 1.29 is 19.4 Å². The van der Waals surface area contributed by atoms with Crippen LogP contribution in [0.25, 0.3) is 0 Å². The van der Waals surface area contributed by atoms with E-state index in [1.807, 2.05) is 29.2 Å². The molecule has 0 saturated carbocycles. The minimum atomic E-state index is -1.04. The van der Waals surface area contributed by atoms with Crippen LogP contribution in [-0.2, 0) is 14.3 Å². The van der Waals surface area contributed by atoms with Crippen LogP contribution in [0.3, 0.4) is 0 Å². The van der Waals surface area contributed by atoms with Gasteiger partial charge in [0.2, 0.25) is 5.91 Å². The first-order valence-corrected chi connectivity index (χ1v) is 7.42. The third kappa shape index (κ3) is 5.11. The smallest absolute Gasteiger partial charge is 0.322 e. The van der Waals surface area contributed by atoms with Crippen molar-refractivity contribution in [2.75, 3.05) is 32.8 Å². The number of amides is 1. The molecule has 1 unspecified atom stereocenters. The third-order valence-corrected chi connectivity index (χ3v) is 3.73. The van der Waals surface area contributed by atoms with Crippen molar-refractivity contribution in [1.29, 1.82) is 0 Å². The number of aliphatic carboxylic acids is 1. The van der Waals surface area contributed by atoms with Gasteiger partial charge in [-0.25, -0.2) is 0 Å². The summed E-state index contributed by atoms with van der Waals surface area (Å²) in [5, 5.41) is 10.9. The lowest BCUT2D eigenvalue weighted by atomic mass is 10.1. The topological polar surface area (TPSA) is 78.9 Å². The van der Waals surface area contributed by atoms with Crippen molar-refractivity contribution in [3.05, 3.63) is 34.3 Å². The van der Waals surface area contributed by atoms with Crippen LogP contribution in [0.5, 0.6) is 0 Å². The summed E-state index contributed by atoms with van der Waals surface area (Å²) < 4.78 is 6.74. The summed E-state index contributed by atoms with van der Waals surface area (Å²) in [4.78, 5) is 24.0. The maximum atomic E-state index is 11.6. The summed E-state index contributed by atoms with van der Waals surface area (Å²) >= 11 is 3.39. The zero-order valence-corrected chi connectivity index (χ0v) is 13.0. The lowest BCUT2D eigenvalue weighted by Crippen LogP contribution is -2.45. The molecule has 1 aliphatic rings. The highest BCUT2D eigenvalue weighted by molar-refractivity contribution is 9.10. The lowest BCUT2D eigenvalue weighted by molar-refractivity contribution is -0.138. The number of nitrogens with one attached hydrogen (secondary N) is 1. The van der Waals surface area contributed by atoms with Gasteiger partial charge in [-0.05, 0) is 17.7 Å².